The molecule has 0 saturated carbocycles. The molecule has 0 aliphatic carbocycles. The van der Waals surface area contributed by atoms with Crippen molar-refractivity contribution in [2.24, 2.45) is 5.41 Å². The first-order valence-corrected chi connectivity index (χ1v) is 11.7. The summed E-state index contributed by atoms with van der Waals surface area (Å²) in [4.78, 5) is 27.4. The highest BCUT2D eigenvalue weighted by atomic mass is 35.5. The normalized spacial score (nSPS) is 22.1. The van der Waals surface area contributed by atoms with Crippen LogP contribution in [0.5, 0.6) is 11.5 Å². The number of nitrogens with zero attached hydrogens (tertiary/aromatic N) is 1. The number of hydrogen-bond donors (Lipinski definition) is 1. The molecule has 1 amide bonds. The van der Waals surface area contributed by atoms with E-state index in [2.05, 4.69) is 20.8 Å². The van der Waals surface area contributed by atoms with E-state index in [0.29, 0.717) is 27.6 Å². The zero-order chi connectivity index (χ0) is 24.8. The van der Waals surface area contributed by atoms with Crippen LogP contribution in [-0.4, -0.2) is 43.3 Å². The molecule has 2 aromatic rings. The molecule has 0 fully saturated rings. The molecule has 4 rings (SSSR count). The molecule has 34 heavy (non-hydrogen) atoms. The minimum atomic E-state index is -1.18. The summed E-state index contributed by atoms with van der Waals surface area (Å²) in [6, 6.07) is 8.98. The van der Waals surface area contributed by atoms with Crippen LogP contribution in [0.3, 0.4) is 0 Å². The highest BCUT2D eigenvalue weighted by molar-refractivity contribution is 6.31. The largest absolute Gasteiger partial charge is 0.493 e. The van der Waals surface area contributed by atoms with Gasteiger partial charge in [0, 0.05) is 22.2 Å². The van der Waals surface area contributed by atoms with Gasteiger partial charge >= 0.3 is 5.97 Å². The number of carbonyl (C=O) groups excluding carboxylic acids is 1. The van der Waals surface area contributed by atoms with Crippen molar-refractivity contribution in [3.8, 4) is 11.5 Å². The fourth-order valence-electron chi connectivity index (χ4n) is 5.13. The first-order chi connectivity index (χ1) is 16.1. The molecule has 0 unspecified atom stereocenters. The van der Waals surface area contributed by atoms with Crippen molar-refractivity contribution in [2.75, 3.05) is 19.1 Å². The smallest absolute Gasteiger partial charge is 0.306 e. The van der Waals surface area contributed by atoms with Crippen LogP contribution >= 0.6 is 11.6 Å². The SMILES string of the molecule is COc1cccc([C@H]2O[C@H](CC(=O)O)C(=O)N3c4c(cc(Cl)cc42)CC[C@H]3C(C)(C)C)c1OC. The number of aryl methyl sites for hydroxylation is 1. The minimum absolute atomic E-state index is 0.127. The molecule has 2 heterocycles. The summed E-state index contributed by atoms with van der Waals surface area (Å²) in [6.07, 6.45) is -0.920. The Bertz CT molecular complexity index is 1130. The van der Waals surface area contributed by atoms with Crippen molar-refractivity contribution >= 4 is 29.2 Å². The number of halogens is 1. The third-order valence-electron chi connectivity index (χ3n) is 6.59. The van der Waals surface area contributed by atoms with Gasteiger partial charge in [0.25, 0.3) is 5.91 Å². The first-order valence-electron chi connectivity index (χ1n) is 11.3. The van der Waals surface area contributed by atoms with Gasteiger partial charge in [-0.2, -0.15) is 0 Å². The number of rotatable bonds is 5. The molecule has 0 radical (unpaired) electrons. The van der Waals surface area contributed by atoms with Gasteiger partial charge in [0.2, 0.25) is 0 Å². The molecule has 0 bridgehead atoms. The van der Waals surface area contributed by atoms with Crippen LogP contribution in [0.15, 0.2) is 30.3 Å². The maximum atomic E-state index is 13.9. The van der Waals surface area contributed by atoms with Gasteiger partial charge in [-0.25, -0.2) is 0 Å². The molecule has 0 spiro atoms. The molecular formula is C26H30ClNO6. The lowest BCUT2D eigenvalue weighted by molar-refractivity contribution is -0.147. The molecule has 182 valence electrons. The molecule has 0 aromatic heterocycles. The van der Waals surface area contributed by atoms with Crippen LogP contribution in [0.1, 0.15) is 56.4 Å². The number of ether oxygens (including phenoxy) is 3. The minimum Gasteiger partial charge on any atom is -0.493 e. The highest BCUT2D eigenvalue weighted by Crippen LogP contribution is 2.50. The number of anilines is 1. The van der Waals surface area contributed by atoms with Crippen LogP contribution in [0.25, 0.3) is 0 Å². The van der Waals surface area contributed by atoms with E-state index in [1.807, 2.05) is 18.2 Å². The molecule has 2 aliphatic rings. The number of hydrogen-bond acceptors (Lipinski definition) is 5. The Labute approximate surface area is 204 Å². The molecular weight excluding hydrogens is 458 g/mol. The van der Waals surface area contributed by atoms with Gasteiger partial charge in [0.15, 0.2) is 11.5 Å². The van der Waals surface area contributed by atoms with Crippen molar-refractivity contribution in [1.82, 2.24) is 0 Å². The van der Waals surface area contributed by atoms with Gasteiger partial charge < -0.3 is 24.2 Å². The second-order valence-electron chi connectivity index (χ2n) is 9.82. The van der Waals surface area contributed by atoms with Crippen LogP contribution < -0.4 is 14.4 Å². The van der Waals surface area contributed by atoms with Gasteiger partial charge in [-0.05, 0) is 42.0 Å². The summed E-state index contributed by atoms with van der Waals surface area (Å²) in [5.41, 5.74) is 2.82. The monoisotopic (exact) mass is 487 g/mol. The predicted octanol–water partition coefficient (Wildman–Crippen LogP) is 5.01. The fraction of sp³-hybridized carbons (Fsp3) is 0.462. The summed E-state index contributed by atoms with van der Waals surface area (Å²) >= 11 is 6.54. The van der Waals surface area contributed by atoms with Crippen molar-refractivity contribution in [2.45, 2.75) is 58.3 Å². The lowest BCUT2D eigenvalue weighted by Gasteiger charge is -2.45. The van der Waals surface area contributed by atoms with Crippen LogP contribution in [0, 0.1) is 5.41 Å². The zero-order valence-electron chi connectivity index (χ0n) is 20.1. The number of benzene rings is 2. The average molecular weight is 488 g/mol. The number of aliphatic carboxylic acids is 1. The Morgan fingerprint density at radius 2 is 1.94 bits per heavy atom. The molecule has 2 aromatic carbocycles. The second-order valence-corrected chi connectivity index (χ2v) is 10.3. The molecule has 7 nitrogen and oxygen atoms in total. The number of para-hydroxylation sites is 1. The van der Waals surface area contributed by atoms with E-state index >= 15 is 0 Å². The highest BCUT2D eigenvalue weighted by Gasteiger charge is 2.46. The van der Waals surface area contributed by atoms with E-state index in [0.717, 1.165) is 24.1 Å². The summed E-state index contributed by atoms with van der Waals surface area (Å²) in [5.74, 6) is -0.490. The third-order valence-corrected chi connectivity index (χ3v) is 6.81. The Morgan fingerprint density at radius 1 is 1.21 bits per heavy atom. The van der Waals surface area contributed by atoms with Crippen LogP contribution in [-0.2, 0) is 20.7 Å². The summed E-state index contributed by atoms with van der Waals surface area (Å²) < 4.78 is 17.5. The molecule has 3 atom stereocenters. The van der Waals surface area contributed by atoms with E-state index in [1.54, 1.807) is 24.1 Å². The van der Waals surface area contributed by atoms with Crippen molar-refractivity contribution in [1.29, 1.82) is 0 Å². The number of carboxylic acid groups (broad SMARTS) is 1. The van der Waals surface area contributed by atoms with Gasteiger partial charge in [-0.15, -0.1) is 0 Å². The number of amides is 1. The average Bonchev–Trinajstić information content (AvgIpc) is 2.88. The van der Waals surface area contributed by atoms with E-state index in [1.165, 1.54) is 7.11 Å². The topological polar surface area (TPSA) is 85.3 Å². The van der Waals surface area contributed by atoms with Crippen molar-refractivity contribution in [3.63, 3.8) is 0 Å². The molecule has 1 N–H and O–H groups in total. The Morgan fingerprint density at radius 3 is 2.56 bits per heavy atom. The van der Waals surface area contributed by atoms with E-state index < -0.39 is 24.6 Å². The van der Waals surface area contributed by atoms with Crippen molar-refractivity contribution < 1.29 is 28.9 Å². The van der Waals surface area contributed by atoms with Gasteiger partial charge in [-0.3, -0.25) is 9.59 Å². The van der Waals surface area contributed by atoms with E-state index in [-0.39, 0.29) is 17.4 Å². The van der Waals surface area contributed by atoms with Crippen LogP contribution in [0.2, 0.25) is 5.02 Å². The summed E-state index contributed by atoms with van der Waals surface area (Å²) in [6.45, 7) is 6.27. The number of carbonyl (C=O) groups is 2. The third kappa shape index (κ3) is 4.23. The van der Waals surface area contributed by atoms with Crippen molar-refractivity contribution in [3.05, 3.63) is 52.0 Å². The van der Waals surface area contributed by atoms with Crippen LogP contribution in [0.4, 0.5) is 5.69 Å². The fourth-order valence-corrected chi connectivity index (χ4v) is 5.38. The van der Waals surface area contributed by atoms with Gasteiger partial charge in [0.1, 0.15) is 12.2 Å². The quantitative estimate of drug-likeness (QED) is 0.637. The van der Waals surface area contributed by atoms with Gasteiger partial charge in [0.05, 0.1) is 26.3 Å². The first kappa shape index (κ1) is 24.4. The Kier molecular flexibility index (Phi) is 6.53. The summed E-state index contributed by atoms with van der Waals surface area (Å²) in [5, 5.41) is 10.1. The Hall–Kier alpha value is -2.77. The zero-order valence-corrected chi connectivity index (χ0v) is 20.8. The lowest BCUT2D eigenvalue weighted by atomic mass is 9.78. The molecule has 2 aliphatic heterocycles. The Balaban J connectivity index is 2.01. The van der Waals surface area contributed by atoms with E-state index in [4.69, 9.17) is 25.8 Å². The van der Waals surface area contributed by atoms with E-state index in [9.17, 15) is 14.7 Å². The standard InChI is InChI=1S/C26H30ClNO6/c1-26(2,3)20-10-9-14-11-15(27)12-17-22(14)28(20)25(31)19(13-21(29)30)34-23(17)16-7-6-8-18(32-4)24(16)33-5/h6-8,11-12,19-20,23H,9-10,13H2,1-5H3,(H,29,30)/t19-,20+,23-/m1/s1. The maximum absolute atomic E-state index is 13.9. The predicted molar refractivity (Wildman–Crippen MR) is 129 cm³/mol. The summed E-state index contributed by atoms with van der Waals surface area (Å²) in [7, 11) is 3.08. The molecule has 0 saturated heterocycles. The molecule has 8 heteroatoms. The lowest BCUT2D eigenvalue weighted by Crippen LogP contribution is -2.53. The second kappa shape index (κ2) is 9.12. The number of carboxylic acids is 1. The van der Waals surface area contributed by atoms with Gasteiger partial charge in [-0.1, -0.05) is 44.5 Å². The number of methoxy groups -OCH3 is 2. The maximum Gasteiger partial charge on any atom is 0.306 e.